The number of carbonyl (C=O) groups excluding carboxylic acids is 1. The van der Waals surface area contributed by atoms with E-state index >= 15 is 0 Å². The molecule has 26 heavy (non-hydrogen) atoms. The first-order chi connectivity index (χ1) is 12.5. The van der Waals surface area contributed by atoms with Crippen LogP contribution < -0.4 is 10.4 Å². The lowest BCUT2D eigenvalue weighted by atomic mass is 9.95. The van der Waals surface area contributed by atoms with Gasteiger partial charge in [-0.15, -0.1) is 0 Å². The van der Waals surface area contributed by atoms with Crippen molar-refractivity contribution >= 4 is 49.8 Å². The van der Waals surface area contributed by atoms with Crippen molar-refractivity contribution in [2.24, 2.45) is 0 Å². The van der Waals surface area contributed by atoms with Gasteiger partial charge in [0.05, 0.1) is 16.2 Å². The molecule has 0 saturated carbocycles. The molecule has 2 heterocycles. The molecule has 0 spiro atoms. The summed E-state index contributed by atoms with van der Waals surface area (Å²) in [5.74, 6) is 0.467. The molecule has 0 aliphatic carbocycles. The monoisotopic (exact) mass is 430 g/mol. The van der Waals surface area contributed by atoms with E-state index in [0.29, 0.717) is 23.2 Å². The molecular formula is C20H12BrClO4. The van der Waals surface area contributed by atoms with Crippen LogP contribution in [0.25, 0.3) is 16.0 Å². The minimum absolute atomic E-state index is 0.230. The summed E-state index contributed by atoms with van der Waals surface area (Å²) in [5, 5.41) is 0.978. The van der Waals surface area contributed by atoms with E-state index in [1.807, 2.05) is 37.3 Å². The fourth-order valence-electron chi connectivity index (χ4n) is 3.12. The number of carbonyl (C=O) groups is 1. The molecule has 0 saturated heterocycles. The molecule has 1 aromatic heterocycles. The quantitative estimate of drug-likeness (QED) is 0.416. The molecule has 0 radical (unpaired) electrons. The zero-order chi connectivity index (χ0) is 18.4. The average Bonchev–Trinajstić information content (AvgIpc) is 2.61. The Balaban J connectivity index is 1.98. The fraction of sp³-hybridized carbons (Fsp3) is 0.100. The highest BCUT2D eigenvalue weighted by molar-refractivity contribution is 9.10. The van der Waals surface area contributed by atoms with Gasteiger partial charge in [-0.05, 0) is 42.3 Å². The summed E-state index contributed by atoms with van der Waals surface area (Å²) in [4.78, 5) is 23.6. The van der Waals surface area contributed by atoms with Gasteiger partial charge in [-0.2, -0.15) is 0 Å². The van der Waals surface area contributed by atoms with Crippen molar-refractivity contribution in [1.82, 2.24) is 0 Å². The van der Waals surface area contributed by atoms with Crippen molar-refractivity contribution in [3.63, 3.8) is 0 Å². The second-order valence-electron chi connectivity index (χ2n) is 6.00. The number of benzene rings is 2. The fourth-order valence-corrected chi connectivity index (χ4v) is 3.71. The van der Waals surface area contributed by atoms with E-state index in [1.54, 1.807) is 6.07 Å². The largest absolute Gasteiger partial charge is 0.480 e. The van der Waals surface area contributed by atoms with Crippen molar-refractivity contribution in [2.75, 3.05) is 0 Å². The smallest absolute Gasteiger partial charge is 0.336 e. The number of rotatable bonds is 2. The van der Waals surface area contributed by atoms with E-state index < -0.39 is 11.7 Å². The van der Waals surface area contributed by atoms with Crippen LogP contribution in [-0.2, 0) is 4.79 Å². The first-order valence-corrected chi connectivity index (χ1v) is 9.01. The third-order valence-corrected chi connectivity index (χ3v) is 5.32. The van der Waals surface area contributed by atoms with Crippen LogP contribution in [0.1, 0.15) is 22.8 Å². The first-order valence-electron chi connectivity index (χ1n) is 7.84. The minimum atomic E-state index is -0.630. The molecule has 0 bridgehead atoms. The molecule has 0 fully saturated rings. The summed E-state index contributed by atoms with van der Waals surface area (Å²) in [5.41, 5.74) is 2.14. The summed E-state index contributed by atoms with van der Waals surface area (Å²) < 4.78 is 12.4. The van der Waals surface area contributed by atoms with Gasteiger partial charge in [0.25, 0.3) is 0 Å². The molecule has 1 unspecified atom stereocenters. The van der Waals surface area contributed by atoms with Crippen molar-refractivity contribution < 1.29 is 13.9 Å². The minimum Gasteiger partial charge on any atom is -0.480 e. The lowest BCUT2D eigenvalue weighted by Crippen LogP contribution is -2.18. The van der Waals surface area contributed by atoms with E-state index in [9.17, 15) is 9.59 Å². The topological polar surface area (TPSA) is 56.5 Å². The number of aldehydes is 1. The second kappa shape index (κ2) is 6.41. The Labute approximate surface area is 162 Å². The molecule has 0 amide bonds. The summed E-state index contributed by atoms with van der Waals surface area (Å²) in [6, 6.07) is 12.5. The van der Waals surface area contributed by atoms with Gasteiger partial charge < -0.3 is 9.15 Å². The molecule has 1 aliphatic rings. The Morgan fingerprint density at radius 1 is 1.15 bits per heavy atom. The number of halogens is 2. The van der Waals surface area contributed by atoms with Crippen LogP contribution in [0.2, 0.25) is 0 Å². The van der Waals surface area contributed by atoms with Crippen LogP contribution in [0.3, 0.4) is 0 Å². The van der Waals surface area contributed by atoms with Crippen LogP contribution in [0.4, 0.5) is 0 Å². The molecule has 1 atom stereocenters. The predicted molar refractivity (Wildman–Crippen MR) is 104 cm³/mol. The van der Waals surface area contributed by atoms with Gasteiger partial charge in [-0.1, -0.05) is 39.7 Å². The highest BCUT2D eigenvalue weighted by atomic mass is 79.9. The first kappa shape index (κ1) is 17.1. The maximum Gasteiger partial charge on any atom is 0.336 e. The maximum atomic E-state index is 11.8. The van der Waals surface area contributed by atoms with Crippen LogP contribution in [0.15, 0.2) is 61.7 Å². The Bertz CT molecular complexity index is 1130. The highest BCUT2D eigenvalue weighted by Gasteiger charge is 2.31. The molecule has 130 valence electrons. The lowest BCUT2D eigenvalue weighted by molar-refractivity contribution is -0.105. The predicted octanol–water partition coefficient (Wildman–Crippen LogP) is 5.15. The SMILES string of the molecule is Cc1cc(=O)oc2c3c(ccc12)OC(c1ccc(Br)cc1)C(C=O)=C3Cl. The van der Waals surface area contributed by atoms with Gasteiger partial charge in [0.1, 0.15) is 5.75 Å². The van der Waals surface area contributed by atoms with Gasteiger partial charge in [-0.25, -0.2) is 4.79 Å². The van der Waals surface area contributed by atoms with Gasteiger partial charge in [0.2, 0.25) is 0 Å². The number of hydrogen-bond donors (Lipinski definition) is 0. The van der Waals surface area contributed by atoms with Crippen molar-refractivity contribution in [3.8, 4) is 5.75 Å². The van der Waals surface area contributed by atoms with Crippen molar-refractivity contribution in [2.45, 2.75) is 13.0 Å². The van der Waals surface area contributed by atoms with Crippen molar-refractivity contribution in [3.05, 3.63) is 79.6 Å². The highest BCUT2D eigenvalue weighted by Crippen LogP contribution is 2.46. The van der Waals surface area contributed by atoms with E-state index in [0.717, 1.165) is 21.0 Å². The van der Waals surface area contributed by atoms with Crippen LogP contribution in [0, 0.1) is 6.92 Å². The van der Waals surface area contributed by atoms with Crippen LogP contribution >= 0.6 is 27.5 Å². The molecule has 2 aromatic carbocycles. The molecular weight excluding hydrogens is 420 g/mol. The lowest BCUT2D eigenvalue weighted by Gasteiger charge is -2.27. The standard InChI is InChI=1S/C20H12BrClO4/c1-10-8-16(24)26-20-13(10)6-7-15-17(20)18(22)14(9-23)19(25-15)11-2-4-12(21)5-3-11/h2-9,19H,1H3. The third-order valence-electron chi connectivity index (χ3n) is 4.38. The van der Waals surface area contributed by atoms with E-state index in [4.69, 9.17) is 20.8 Å². The summed E-state index contributed by atoms with van der Waals surface area (Å²) in [6.07, 6.45) is 0.0552. The van der Waals surface area contributed by atoms with Crippen molar-refractivity contribution in [1.29, 1.82) is 0 Å². The van der Waals surface area contributed by atoms with E-state index in [-0.39, 0.29) is 10.6 Å². The third kappa shape index (κ3) is 2.68. The average molecular weight is 432 g/mol. The molecule has 0 N–H and O–H groups in total. The number of hydrogen-bond acceptors (Lipinski definition) is 4. The zero-order valence-electron chi connectivity index (χ0n) is 13.6. The molecule has 1 aliphatic heterocycles. The number of fused-ring (bicyclic) bond motifs is 3. The Morgan fingerprint density at radius 3 is 2.58 bits per heavy atom. The Hall–Kier alpha value is -2.37. The molecule has 4 rings (SSSR count). The Kier molecular flexibility index (Phi) is 4.21. The molecule has 3 aromatic rings. The van der Waals surface area contributed by atoms with E-state index in [1.165, 1.54) is 6.07 Å². The van der Waals surface area contributed by atoms with Gasteiger partial charge in [0, 0.05) is 15.9 Å². The van der Waals surface area contributed by atoms with Gasteiger partial charge >= 0.3 is 5.63 Å². The Morgan fingerprint density at radius 2 is 1.88 bits per heavy atom. The van der Waals surface area contributed by atoms with Gasteiger partial charge in [-0.3, -0.25) is 4.79 Å². The number of aryl methyl sites for hydroxylation is 1. The number of ether oxygens (including phenoxy) is 1. The molecule has 6 heteroatoms. The molecule has 4 nitrogen and oxygen atoms in total. The maximum absolute atomic E-state index is 11.8. The summed E-state index contributed by atoms with van der Waals surface area (Å²) >= 11 is 9.96. The normalized spacial score (nSPS) is 16.3. The summed E-state index contributed by atoms with van der Waals surface area (Å²) in [6.45, 7) is 1.82. The summed E-state index contributed by atoms with van der Waals surface area (Å²) in [7, 11) is 0. The second-order valence-corrected chi connectivity index (χ2v) is 7.29. The van der Waals surface area contributed by atoms with Crippen LogP contribution in [-0.4, -0.2) is 6.29 Å². The van der Waals surface area contributed by atoms with Gasteiger partial charge in [0.15, 0.2) is 18.0 Å². The van der Waals surface area contributed by atoms with E-state index in [2.05, 4.69) is 15.9 Å². The van der Waals surface area contributed by atoms with Crippen LogP contribution in [0.5, 0.6) is 5.75 Å². The zero-order valence-corrected chi connectivity index (χ0v) is 15.9.